The molecule has 1 aliphatic rings. The highest BCUT2D eigenvalue weighted by atomic mass is 19.4. The molecule has 2 aromatic carbocycles. The van der Waals surface area contributed by atoms with Crippen molar-refractivity contribution in [1.29, 1.82) is 0 Å². The highest BCUT2D eigenvalue weighted by Gasteiger charge is 2.71. The number of hydrogen-bond acceptors (Lipinski definition) is 2. The zero-order valence-corrected chi connectivity index (χ0v) is 14.9. The average Bonchev–Trinajstić information content (AvgIpc) is 3.37. The van der Waals surface area contributed by atoms with Crippen LogP contribution in [0, 0.1) is 11.7 Å². The quantitative estimate of drug-likeness (QED) is 0.640. The number of carboxylic acids is 1. The van der Waals surface area contributed by atoms with Gasteiger partial charge in [-0.3, -0.25) is 10.1 Å². The van der Waals surface area contributed by atoms with Crippen LogP contribution >= 0.6 is 0 Å². The fourth-order valence-electron chi connectivity index (χ4n) is 3.49. The van der Waals surface area contributed by atoms with Gasteiger partial charge >= 0.3 is 12.1 Å². The minimum atomic E-state index is -4.97. The van der Waals surface area contributed by atoms with Crippen LogP contribution in [0.15, 0.2) is 54.6 Å². The van der Waals surface area contributed by atoms with Gasteiger partial charge in [0.1, 0.15) is 17.4 Å². The average molecular weight is 417 g/mol. The molecule has 1 saturated carbocycles. The minimum absolute atomic E-state index is 0.245. The van der Waals surface area contributed by atoms with Crippen molar-refractivity contribution in [3.63, 3.8) is 0 Å². The Hall–Kier alpha value is -2.55. The summed E-state index contributed by atoms with van der Waals surface area (Å²) in [5.41, 5.74) is -2.65. The molecule has 0 aromatic heterocycles. The number of halogens is 6. The molecule has 0 bridgehead atoms. The fourth-order valence-corrected chi connectivity index (χ4v) is 3.49. The molecule has 9 heteroatoms. The topological polar surface area (TPSA) is 49.3 Å². The smallest absolute Gasteiger partial charge is 0.407 e. The summed E-state index contributed by atoms with van der Waals surface area (Å²) in [5, 5.41) is 11.4. The molecule has 29 heavy (non-hydrogen) atoms. The number of carbonyl (C=O) groups is 1. The molecule has 1 fully saturated rings. The van der Waals surface area contributed by atoms with Gasteiger partial charge in [-0.05, 0) is 29.7 Å². The van der Waals surface area contributed by atoms with E-state index in [2.05, 4.69) is 0 Å². The summed E-state index contributed by atoms with van der Waals surface area (Å²) < 4.78 is 83.2. The van der Waals surface area contributed by atoms with E-state index in [9.17, 15) is 36.2 Å². The number of carboxylic acid groups (broad SMARTS) is 1. The lowest BCUT2D eigenvalue weighted by Gasteiger charge is -2.28. The third kappa shape index (κ3) is 4.39. The molecule has 0 amide bonds. The van der Waals surface area contributed by atoms with Crippen molar-refractivity contribution in [3.05, 3.63) is 71.5 Å². The number of hydrogen-bond donors (Lipinski definition) is 2. The van der Waals surface area contributed by atoms with Crippen molar-refractivity contribution >= 4 is 5.97 Å². The molecule has 1 unspecified atom stereocenters. The van der Waals surface area contributed by atoms with Crippen molar-refractivity contribution in [2.75, 3.05) is 0 Å². The van der Waals surface area contributed by atoms with Gasteiger partial charge in [-0.1, -0.05) is 42.5 Å². The summed E-state index contributed by atoms with van der Waals surface area (Å²) in [6.45, 7) is 0. The van der Waals surface area contributed by atoms with Gasteiger partial charge in [0.25, 0.3) is 5.92 Å². The maximum absolute atomic E-state index is 14.7. The van der Waals surface area contributed by atoms with E-state index in [1.807, 2.05) is 5.32 Å². The molecule has 0 spiro atoms. The van der Waals surface area contributed by atoms with Crippen molar-refractivity contribution in [1.82, 2.24) is 5.32 Å². The minimum Gasteiger partial charge on any atom is -0.480 e. The number of aliphatic carboxylic acids is 1. The molecule has 156 valence electrons. The van der Waals surface area contributed by atoms with Crippen LogP contribution in [0.25, 0.3) is 0 Å². The first-order valence-corrected chi connectivity index (χ1v) is 8.71. The van der Waals surface area contributed by atoms with Crippen molar-refractivity contribution in [3.8, 4) is 0 Å². The fraction of sp³-hybridized carbons (Fsp3) is 0.350. The first kappa shape index (κ1) is 21.2. The molecular weight excluding hydrogens is 400 g/mol. The summed E-state index contributed by atoms with van der Waals surface area (Å²) in [5.74, 6) is -7.92. The maximum Gasteiger partial charge on any atom is 0.407 e. The molecular formula is C20H17F6NO2. The normalized spacial score (nSPS) is 22.9. The Balaban J connectivity index is 1.87. The Morgan fingerprint density at radius 1 is 1.07 bits per heavy atom. The molecule has 2 aromatic rings. The number of benzene rings is 2. The Labute approximate surface area is 162 Å². The zero-order valence-electron chi connectivity index (χ0n) is 14.9. The standard InChI is InChI=1S/C20H17F6NO2/c21-14-8-6-13(7-9-14)16(20(24,25)26)27-18(17(28)29)11-15(18)19(22,23)10-12-4-2-1-3-5-12/h1-9,15-16,27H,10-11H2,(H,28,29)/t15-,16+,18?/m1/s1. The van der Waals surface area contributed by atoms with Crippen LogP contribution in [-0.2, 0) is 11.2 Å². The molecule has 0 heterocycles. The summed E-state index contributed by atoms with van der Waals surface area (Å²) in [6, 6.07) is 8.30. The number of rotatable bonds is 7. The van der Waals surface area contributed by atoms with Gasteiger partial charge < -0.3 is 5.11 Å². The third-order valence-corrected chi connectivity index (χ3v) is 5.07. The summed E-state index contributed by atoms with van der Waals surface area (Å²) in [6.07, 6.45) is -6.42. The molecule has 3 atom stereocenters. The Kier molecular flexibility index (Phi) is 5.38. The lowest BCUT2D eigenvalue weighted by Crippen LogP contribution is -2.50. The van der Waals surface area contributed by atoms with Gasteiger partial charge in [0.05, 0.1) is 5.92 Å². The van der Waals surface area contributed by atoms with Gasteiger partial charge in [-0.25, -0.2) is 13.2 Å². The first-order chi connectivity index (χ1) is 13.5. The van der Waals surface area contributed by atoms with Crippen LogP contribution < -0.4 is 5.32 Å². The van der Waals surface area contributed by atoms with Crippen LogP contribution in [0.1, 0.15) is 23.6 Å². The largest absolute Gasteiger partial charge is 0.480 e. The lowest BCUT2D eigenvalue weighted by atomic mass is 9.98. The second-order valence-electron chi connectivity index (χ2n) is 7.13. The monoisotopic (exact) mass is 417 g/mol. The first-order valence-electron chi connectivity index (χ1n) is 8.71. The van der Waals surface area contributed by atoms with E-state index in [4.69, 9.17) is 0 Å². The van der Waals surface area contributed by atoms with E-state index >= 15 is 0 Å². The Morgan fingerprint density at radius 3 is 2.17 bits per heavy atom. The van der Waals surface area contributed by atoms with Gasteiger partial charge in [0.15, 0.2) is 0 Å². The van der Waals surface area contributed by atoms with E-state index < -0.39 is 59.8 Å². The van der Waals surface area contributed by atoms with Crippen molar-refractivity contribution in [2.45, 2.75) is 36.5 Å². The zero-order chi connectivity index (χ0) is 21.4. The van der Waals surface area contributed by atoms with Gasteiger partial charge in [-0.2, -0.15) is 13.2 Å². The molecule has 1 aliphatic carbocycles. The van der Waals surface area contributed by atoms with E-state index in [0.717, 1.165) is 24.3 Å². The summed E-state index contributed by atoms with van der Waals surface area (Å²) >= 11 is 0. The van der Waals surface area contributed by atoms with Crippen LogP contribution in [0.3, 0.4) is 0 Å². The Bertz CT molecular complexity index is 869. The summed E-state index contributed by atoms with van der Waals surface area (Å²) in [4.78, 5) is 11.7. The van der Waals surface area contributed by atoms with E-state index in [1.165, 1.54) is 24.3 Å². The predicted molar refractivity (Wildman–Crippen MR) is 91.9 cm³/mol. The molecule has 3 nitrogen and oxygen atoms in total. The predicted octanol–water partition coefficient (Wildman–Crippen LogP) is 4.74. The number of alkyl halides is 5. The van der Waals surface area contributed by atoms with Crippen LogP contribution in [0.4, 0.5) is 26.3 Å². The number of nitrogens with one attached hydrogen (secondary N) is 1. The SMILES string of the molecule is O=C(O)C1(N[C@@H](c2ccc(F)cc2)C(F)(F)F)C[C@H]1C(F)(F)Cc1ccccc1. The molecule has 0 saturated heterocycles. The van der Waals surface area contributed by atoms with E-state index in [0.29, 0.717) is 0 Å². The van der Waals surface area contributed by atoms with Crippen LogP contribution in [0.5, 0.6) is 0 Å². The van der Waals surface area contributed by atoms with Gasteiger partial charge in [0, 0.05) is 6.42 Å². The van der Waals surface area contributed by atoms with E-state index in [1.54, 1.807) is 6.07 Å². The van der Waals surface area contributed by atoms with Crippen molar-refractivity contribution in [2.24, 2.45) is 5.92 Å². The molecule has 2 N–H and O–H groups in total. The second-order valence-corrected chi connectivity index (χ2v) is 7.13. The lowest BCUT2D eigenvalue weighted by molar-refractivity contribution is -0.167. The molecule has 3 rings (SSSR count). The van der Waals surface area contributed by atoms with E-state index in [-0.39, 0.29) is 5.56 Å². The van der Waals surface area contributed by atoms with Gasteiger partial charge in [0.2, 0.25) is 0 Å². The van der Waals surface area contributed by atoms with Gasteiger partial charge in [-0.15, -0.1) is 0 Å². The molecule has 0 radical (unpaired) electrons. The highest BCUT2D eigenvalue weighted by Crippen LogP contribution is 2.55. The van der Waals surface area contributed by atoms with Crippen molar-refractivity contribution < 1.29 is 36.2 Å². The highest BCUT2D eigenvalue weighted by molar-refractivity contribution is 5.83. The third-order valence-electron chi connectivity index (χ3n) is 5.07. The van der Waals surface area contributed by atoms with Crippen LogP contribution in [-0.4, -0.2) is 28.7 Å². The summed E-state index contributed by atoms with van der Waals surface area (Å²) in [7, 11) is 0. The molecule has 0 aliphatic heterocycles. The maximum atomic E-state index is 14.7. The second kappa shape index (κ2) is 7.37. The Morgan fingerprint density at radius 2 is 1.66 bits per heavy atom. The van der Waals surface area contributed by atoms with Crippen LogP contribution in [0.2, 0.25) is 0 Å².